The molecule has 1 aromatic heterocycles. The Kier molecular flexibility index (Phi) is 6.75. The van der Waals surface area contributed by atoms with Crippen molar-refractivity contribution in [3.05, 3.63) is 52.2 Å². The van der Waals surface area contributed by atoms with Crippen LogP contribution in [0.1, 0.15) is 35.7 Å². The lowest BCUT2D eigenvalue weighted by molar-refractivity contribution is -0.130. The number of hydrazone groups is 1. The Morgan fingerprint density at radius 3 is 2.60 bits per heavy atom. The Labute approximate surface area is 191 Å². The van der Waals surface area contributed by atoms with Gasteiger partial charge in [-0.1, -0.05) is 42.2 Å². The molecule has 1 aromatic carbocycles. The van der Waals surface area contributed by atoms with Crippen molar-refractivity contribution in [3.63, 3.8) is 0 Å². The molecule has 3 heterocycles. The van der Waals surface area contributed by atoms with Crippen LogP contribution in [0.2, 0.25) is 0 Å². The highest BCUT2D eigenvalue weighted by atomic mass is 32.2. The van der Waals surface area contributed by atoms with Gasteiger partial charge < -0.3 is 9.80 Å². The van der Waals surface area contributed by atoms with E-state index in [2.05, 4.69) is 40.1 Å². The normalized spacial score (nSPS) is 18.6. The number of hydrogen-bond acceptors (Lipinski definition) is 6. The van der Waals surface area contributed by atoms with Gasteiger partial charge in [0.15, 0.2) is 0 Å². The van der Waals surface area contributed by atoms with Gasteiger partial charge in [-0.25, -0.2) is 5.01 Å². The van der Waals surface area contributed by atoms with Crippen molar-refractivity contribution in [1.82, 2.24) is 9.91 Å². The van der Waals surface area contributed by atoms with Crippen molar-refractivity contribution in [2.75, 3.05) is 37.8 Å². The number of thiophene rings is 1. The minimum Gasteiger partial charge on any atom is -0.378 e. The topological polar surface area (TPSA) is 39.1 Å². The number of carbonyl (C=O) groups excluding carboxylic acids is 1. The van der Waals surface area contributed by atoms with E-state index in [0.29, 0.717) is 5.75 Å². The standard InChI is InChI=1S/C22H26N4OS3/c1-24(2)17-9-7-16(8-10-17)19-14-18(20-6-5-13-29-20)23-26(19)21(27)15-30-22(28)25-11-3-4-12-25/h5-10,13,19H,3-4,11-12,14-15H2,1-2H3. The summed E-state index contributed by atoms with van der Waals surface area (Å²) in [7, 11) is 4.05. The molecule has 158 valence electrons. The molecule has 2 aliphatic heterocycles. The Balaban J connectivity index is 1.51. The van der Waals surface area contributed by atoms with Crippen LogP contribution in [-0.2, 0) is 4.79 Å². The number of benzene rings is 1. The summed E-state index contributed by atoms with van der Waals surface area (Å²) in [5, 5.41) is 8.48. The third-order valence-electron chi connectivity index (χ3n) is 5.45. The third-order valence-corrected chi connectivity index (χ3v) is 7.88. The predicted octanol–water partition coefficient (Wildman–Crippen LogP) is 4.61. The Bertz CT molecular complexity index is 918. The van der Waals surface area contributed by atoms with Gasteiger partial charge >= 0.3 is 0 Å². The van der Waals surface area contributed by atoms with Crippen LogP contribution in [-0.4, -0.2) is 58.8 Å². The van der Waals surface area contributed by atoms with Crippen LogP contribution >= 0.6 is 35.3 Å². The zero-order chi connectivity index (χ0) is 21.1. The summed E-state index contributed by atoms with van der Waals surface area (Å²) in [5.41, 5.74) is 3.23. The van der Waals surface area contributed by atoms with E-state index < -0.39 is 0 Å². The summed E-state index contributed by atoms with van der Waals surface area (Å²) in [6, 6.07) is 12.4. The van der Waals surface area contributed by atoms with Crippen molar-refractivity contribution in [2.45, 2.75) is 25.3 Å². The average Bonchev–Trinajstić information content (AvgIpc) is 3.52. The van der Waals surface area contributed by atoms with Crippen molar-refractivity contribution >= 4 is 56.9 Å². The fourth-order valence-corrected chi connectivity index (χ4v) is 5.59. The van der Waals surface area contributed by atoms with Crippen LogP contribution < -0.4 is 4.90 Å². The zero-order valence-electron chi connectivity index (χ0n) is 17.3. The second kappa shape index (κ2) is 9.49. The molecular weight excluding hydrogens is 432 g/mol. The fourth-order valence-electron chi connectivity index (χ4n) is 3.77. The van der Waals surface area contributed by atoms with Gasteiger partial charge in [-0.05, 0) is 42.0 Å². The quantitative estimate of drug-likeness (QED) is 0.612. The lowest BCUT2D eigenvalue weighted by Crippen LogP contribution is -2.30. The van der Waals surface area contributed by atoms with Gasteiger partial charge in [0.05, 0.1) is 22.4 Å². The highest BCUT2D eigenvalue weighted by Gasteiger charge is 2.33. The number of nitrogens with zero attached hydrogens (tertiary/aromatic N) is 4. The molecule has 1 saturated heterocycles. The first-order chi connectivity index (χ1) is 14.5. The SMILES string of the molecule is CN(C)c1ccc(C2CC(c3cccs3)=NN2C(=O)CSC(=S)N2CCCC2)cc1. The van der Waals surface area contributed by atoms with Crippen molar-refractivity contribution < 1.29 is 4.79 Å². The molecule has 1 fully saturated rings. The van der Waals surface area contributed by atoms with Gasteiger partial charge in [0.25, 0.3) is 5.91 Å². The van der Waals surface area contributed by atoms with Crippen LogP contribution in [0.25, 0.3) is 0 Å². The van der Waals surface area contributed by atoms with Crippen molar-refractivity contribution in [2.24, 2.45) is 5.10 Å². The summed E-state index contributed by atoms with van der Waals surface area (Å²) in [6.07, 6.45) is 3.09. The number of carbonyl (C=O) groups is 1. The molecule has 2 aliphatic rings. The van der Waals surface area contributed by atoms with Gasteiger partial charge in [0.2, 0.25) is 0 Å². The van der Waals surface area contributed by atoms with Crippen LogP contribution in [0.5, 0.6) is 0 Å². The van der Waals surface area contributed by atoms with Gasteiger partial charge in [0, 0.05) is 39.3 Å². The molecule has 4 rings (SSSR count). The average molecular weight is 459 g/mol. The lowest BCUT2D eigenvalue weighted by Gasteiger charge is -2.23. The molecule has 0 saturated carbocycles. The second-order valence-electron chi connectivity index (χ2n) is 7.72. The summed E-state index contributed by atoms with van der Waals surface area (Å²) >= 11 is 8.66. The molecule has 1 amide bonds. The number of hydrogen-bond donors (Lipinski definition) is 0. The number of thioether (sulfide) groups is 1. The van der Waals surface area contributed by atoms with E-state index in [1.165, 1.54) is 24.6 Å². The van der Waals surface area contributed by atoms with E-state index in [4.69, 9.17) is 17.3 Å². The first kappa shape index (κ1) is 21.3. The maximum absolute atomic E-state index is 13.2. The maximum atomic E-state index is 13.2. The van der Waals surface area contributed by atoms with E-state index in [1.807, 2.05) is 25.5 Å². The molecule has 1 unspecified atom stereocenters. The zero-order valence-corrected chi connectivity index (χ0v) is 19.7. The minimum absolute atomic E-state index is 0.00906. The number of likely N-dealkylation sites (tertiary alicyclic amines) is 1. The Morgan fingerprint density at radius 2 is 1.97 bits per heavy atom. The number of rotatable bonds is 5. The van der Waals surface area contributed by atoms with Crippen LogP contribution in [0, 0.1) is 0 Å². The maximum Gasteiger partial charge on any atom is 0.253 e. The molecule has 8 heteroatoms. The first-order valence-electron chi connectivity index (χ1n) is 10.2. The van der Waals surface area contributed by atoms with Crippen LogP contribution in [0.15, 0.2) is 46.9 Å². The molecule has 1 atom stereocenters. The van der Waals surface area contributed by atoms with Gasteiger partial charge in [-0.2, -0.15) is 5.10 Å². The Morgan fingerprint density at radius 1 is 1.23 bits per heavy atom. The van der Waals surface area contributed by atoms with Crippen molar-refractivity contribution in [3.8, 4) is 0 Å². The highest BCUT2D eigenvalue weighted by molar-refractivity contribution is 8.23. The molecular formula is C22H26N4OS3. The van der Waals surface area contributed by atoms with E-state index in [1.54, 1.807) is 16.3 Å². The first-order valence-corrected chi connectivity index (χ1v) is 12.4. The van der Waals surface area contributed by atoms with E-state index >= 15 is 0 Å². The van der Waals surface area contributed by atoms with Crippen LogP contribution in [0.4, 0.5) is 5.69 Å². The number of anilines is 1. The third kappa shape index (κ3) is 4.71. The molecule has 0 spiro atoms. The number of thiocarbonyl (C=S) groups is 1. The summed E-state index contributed by atoms with van der Waals surface area (Å²) in [4.78, 5) is 18.6. The van der Waals surface area contributed by atoms with Gasteiger partial charge in [-0.3, -0.25) is 4.79 Å². The van der Waals surface area contributed by atoms with Crippen molar-refractivity contribution in [1.29, 1.82) is 0 Å². The van der Waals surface area contributed by atoms with E-state index in [-0.39, 0.29) is 11.9 Å². The summed E-state index contributed by atoms with van der Waals surface area (Å²) < 4.78 is 0.828. The van der Waals surface area contributed by atoms with Gasteiger partial charge in [0.1, 0.15) is 4.32 Å². The van der Waals surface area contributed by atoms with E-state index in [0.717, 1.165) is 45.7 Å². The molecule has 0 aliphatic carbocycles. The second-order valence-corrected chi connectivity index (χ2v) is 10.3. The highest BCUT2D eigenvalue weighted by Crippen LogP contribution is 2.35. The fraction of sp³-hybridized carbons (Fsp3) is 0.409. The lowest BCUT2D eigenvalue weighted by atomic mass is 10.0. The summed E-state index contributed by atoms with van der Waals surface area (Å²) in [6.45, 7) is 2.01. The van der Waals surface area contributed by atoms with E-state index in [9.17, 15) is 4.79 Å². The molecule has 30 heavy (non-hydrogen) atoms. The summed E-state index contributed by atoms with van der Waals surface area (Å²) in [5.74, 6) is 0.331. The Hall–Kier alpha value is -1.90. The smallest absolute Gasteiger partial charge is 0.253 e. The molecule has 2 aromatic rings. The molecule has 0 bridgehead atoms. The minimum atomic E-state index is -0.0771. The van der Waals surface area contributed by atoms with Crippen LogP contribution in [0.3, 0.4) is 0 Å². The predicted molar refractivity (Wildman–Crippen MR) is 132 cm³/mol. The molecule has 0 N–H and O–H groups in total. The monoisotopic (exact) mass is 458 g/mol. The molecule has 0 radical (unpaired) electrons. The van der Waals surface area contributed by atoms with Gasteiger partial charge in [-0.15, -0.1) is 11.3 Å². The molecule has 5 nitrogen and oxygen atoms in total. The number of amides is 1. The largest absolute Gasteiger partial charge is 0.378 e.